The average molecular weight is 517 g/mol. The maximum Gasteiger partial charge on any atom is 0.276 e. The minimum Gasteiger partial charge on any atom is -0.457 e. The lowest BCUT2D eigenvalue weighted by Crippen LogP contribution is -2.50. The molecule has 0 aliphatic carbocycles. The number of benzene rings is 3. The van der Waals surface area contributed by atoms with Crippen LogP contribution in [0.25, 0.3) is 17.0 Å². The fraction of sp³-hybridized carbons (Fsp3) is 0.0741. The maximum absolute atomic E-state index is 13.4. The van der Waals surface area contributed by atoms with E-state index in [9.17, 15) is 9.18 Å². The van der Waals surface area contributed by atoms with Crippen LogP contribution < -0.4 is 15.9 Å². The topological polar surface area (TPSA) is 70.2 Å². The summed E-state index contributed by atoms with van der Waals surface area (Å²) in [6.45, 7) is 0. The fourth-order valence-electron chi connectivity index (χ4n) is 4.10. The summed E-state index contributed by atoms with van der Waals surface area (Å²) >= 11 is 7.68. The highest BCUT2D eigenvalue weighted by molar-refractivity contribution is 8.13. The van der Waals surface area contributed by atoms with E-state index in [0.717, 1.165) is 11.1 Å². The van der Waals surface area contributed by atoms with Crippen molar-refractivity contribution in [3.63, 3.8) is 0 Å². The van der Waals surface area contributed by atoms with Crippen LogP contribution in [-0.2, 0) is 10.5 Å². The van der Waals surface area contributed by atoms with Gasteiger partial charge in [-0.2, -0.15) is 0 Å². The Hall–Kier alpha value is -3.88. The van der Waals surface area contributed by atoms with E-state index in [1.54, 1.807) is 29.3 Å². The molecule has 9 heteroatoms. The number of amidine groups is 1. The van der Waals surface area contributed by atoms with Crippen molar-refractivity contribution in [2.45, 2.75) is 11.9 Å². The van der Waals surface area contributed by atoms with Crippen LogP contribution in [0.2, 0.25) is 5.02 Å². The summed E-state index contributed by atoms with van der Waals surface area (Å²) in [5.74, 6) is 1.02. The summed E-state index contributed by atoms with van der Waals surface area (Å²) < 4.78 is 19.5. The number of rotatable bonds is 4. The number of hydrogen-bond donors (Lipinski definition) is 1. The first-order chi connectivity index (χ1) is 17.6. The second-order valence-electron chi connectivity index (χ2n) is 8.16. The summed E-state index contributed by atoms with van der Waals surface area (Å²) in [5.41, 5.74) is 2.07. The quantitative estimate of drug-likeness (QED) is 0.422. The average Bonchev–Trinajstić information content (AvgIpc) is 3.38. The Labute approximate surface area is 214 Å². The third-order valence-corrected chi connectivity index (χ3v) is 7.13. The number of para-hydroxylation sites is 1. The van der Waals surface area contributed by atoms with Crippen LogP contribution in [0.1, 0.15) is 17.5 Å². The van der Waals surface area contributed by atoms with Gasteiger partial charge in [-0.1, -0.05) is 59.8 Å². The number of hydrazone groups is 1. The molecule has 6 nitrogen and oxygen atoms in total. The van der Waals surface area contributed by atoms with Gasteiger partial charge in [0, 0.05) is 21.6 Å². The monoisotopic (exact) mass is 516 g/mol. The van der Waals surface area contributed by atoms with Gasteiger partial charge in [0.05, 0.1) is 5.36 Å². The first-order valence-electron chi connectivity index (χ1n) is 11.1. The molecule has 4 aromatic rings. The van der Waals surface area contributed by atoms with Gasteiger partial charge in [-0.25, -0.2) is 14.4 Å². The minimum atomic E-state index is -0.689. The molecule has 1 amide bonds. The molecular weight excluding hydrogens is 499 g/mol. The number of thioether (sulfide) groups is 1. The number of fused-ring (bicyclic) bond motifs is 2. The van der Waals surface area contributed by atoms with E-state index in [0.29, 0.717) is 43.7 Å². The van der Waals surface area contributed by atoms with Crippen LogP contribution >= 0.6 is 23.4 Å². The Bertz CT molecular complexity index is 1630. The molecule has 1 aromatic heterocycles. The number of halogens is 2. The van der Waals surface area contributed by atoms with Crippen LogP contribution in [0.3, 0.4) is 0 Å². The number of nitrogens with one attached hydrogen (secondary N) is 1. The molecule has 178 valence electrons. The molecular formula is C27H18ClFN4O2S. The molecule has 0 unspecified atom stereocenters. The minimum absolute atomic E-state index is 0.274. The highest BCUT2D eigenvalue weighted by Gasteiger charge is 2.36. The van der Waals surface area contributed by atoms with Gasteiger partial charge >= 0.3 is 0 Å². The summed E-state index contributed by atoms with van der Waals surface area (Å²) in [5, 5.41) is 11.7. The molecule has 0 spiro atoms. The number of hydrogen-bond acceptors (Lipinski definition) is 6. The van der Waals surface area contributed by atoms with Crippen LogP contribution in [-0.4, -0.2) is 16.1 Å². The lowest BCUT2D eigenvalue weighted by atomic mass is 10.1. The van der Waals surface area contributed by atoms with Crippen molar-refractivity contribution < 1.29 is 13.6 Å². The lowest BCUT2D eigenvalue weighted by Gasteiger charge is -2.32. The van der Waals surface area contributed by atoms with E-state index in [4.69, 9.17) is 26.1 Å². The van der Waals surface area contributed by atoms with Gasteiger partial charge < -0.3 is 4.42 Å². The van der Waals surface area contributed by atoms with Gasteiger partial charge in [-0.15, -0.1) is 5.10 Å². The van der Waals surface area contributed by atoms with E-state index in [1.165, 1.54) is 23.9 Å². The van der Waals surface area contributed by atoms with Gasteiger partial charge in [-0.3, -0.25) is 10.1 Å². The molecule has 3 heterocycles. The molecule has 2 aliphatic rings. The van der Waals surface area contributed by atoms with Crippen molar-refractivity contribution in [3.8, 4) is 11.3 Å². The molecule has 0 bridgehead atoms. The van der Waals surface area contributed by atoms with Crippen LogP contribution in [0.5, 0.6) is 0 Å². The molecule has 0 radical (unpaired) electrons. The van der Waals surface area contributed by atoms with Gasteiger partial charge in [0.15, 0.2) is 10.9 Å². The normalized spacial score (nSPS) is 16.6. The standard InChI is InChI=1S/C27H18ClFN4O2S/c28-20-7-3-1-5-17(20)15-36-27-31-26(34)24-19-6-2-4-8-21(19)30-25(33(24)32-27)23-14-13-22(35-23)16-9-11-18(29)12-10-16/h1-14,25H,15H2,(H,31,32,34)/t25-/m1/s1. The van der Waals surface area contributed by atoms with Crippen molar-refractivity contribution in [2.24, 2.45) is 10.1 Å². The molecule has 0 saturated heterocycles. The third kappa shape index (κ3) is 4.19. The Morgan fingerprint density at radius 3 is 2.61 bits per heavy atom. The van der Waals surface area contributed by atoms with Gasteiger partial charge in [0.1, 0.15) is 17.3 Å². The predicted molar refractivity (Wildman–Crippen MR) is 138 cm³/mol. The van der Waals surface area contributed by atoms with E-state index >= 15 is 0 Å². The molecule has 1 N–H and O–H groups in total. The van der Waals surface area contributed by atoms with E-state index in [-0.39, 0.29) is 11.7 Å². The van der Waals surface area contributed by atoms with Gasteiger partial charge in [0.25, 0.3) is 5.91 Å². The van der Waals surface area contributed by atoms with Gasteiger partial charge in [-0.05, 0) is 54.1 Å². The Balaban J connectivity index is 1.39. The third-order valence-electron chi connectivity index (χ3n) is 5.85. The van der Waals surface area contributed by atoms with Crippen molar-refractivity contribution in [3.05, 3.63) is 118 Å². The zero-order chi connectivity index (χ0) is 24.6. The van der Waals surface area contributed by atoms with Gasteiger partial charge in [0.2, 0.25) is 6.17 Å². The molecule has 6 rings (SSSR count). The Morgan fingerprint density at radius 1 is 1.00 bits per heavy atom. The Kier molecular flexibility index (Phi) is 5.83. The van der Waals surface area contributed by atoms with Crippen LogP contribution in [0, 0.1) is 5.82 Å². The molecule has 0 fully saturated rings. The predicted octanol–water partition coefficient (Wildman–Crippen LogP) is 4.82. The zero-order valence-electron chi connectivity index (χ0n) is 18.7. The SMILES string of the molecule is O=C1NC(SCc2ccccc2Cl)=NN2C1=c1ccccc1=N[C@H]2c1ccc(-c2ccc(F)cc2)o1. The van der Waals surface area contributed by atoms with Crippen LogP contribution in [0.15, 0.2) is 99.4 Å². The zero-order valence-corrected chi connectivity index (χ0v) is 20.3. The smallest absolute Gasteiger partial charge is 0.276 e. The first-order valence-corrected chi connectivity index (χ1v) is 12.5. The second-order valence-corrected chi connectivity index (χ2v) is 9.53. The highest BCUT2D eigenvalue weighted by Crippen LogP contribution is 2.34. The summed E-state index contributed by atoms with van der Waals surface area (Å²) in [7, 11) is 0. The Morgan fingerprint density at radius 2 is 1.78 bits per heavy atom. The van der Waals surface area contributed by atoms with Crippen molar-refractivity contribution in [2.75, 3.05) is 0 Å². The van der Waals surface area contributed by atoms with Crippen molar-refractivity contribution in [1.29, 1.82) is 0 Å². The molecule has 0 saturated carbocycles. The summed E-state index contributed by atoms with van der Waals surface area (Å²) in [6.07, 6.45) is -0.689. The van der Waals surface area contributed by atoms with E-state index in [2.05, 4.69) is 5.32 Å². The number of nitrogens with zero attached hydrogens (tertiary/aromatic N) is 3. The highest BCUT2D eigenvalue weighted by atomic mass is 35.5. The number of amides is 1. The number of carbonyl (C=O) groups excluding carboxylic acids is 1. The molecule has 3 aromatic carbocycles. The van der Waals surface area contributed by atoms with Crippen molar-refractivity contribution >= 4 is 40.1 Å². The fourth-order valence-corrected chi connectivity index (χ4v) is 5.24. The largest absolute Gasteiger partial charge is 0.457 e. The molecule has 1 atom stereocenters. The molecule has 2 aliphatic heterocycles. The second kappa shape index (κ2) is 9.29. The maximum atomic E-state index is 13.4. The molecule has 36 heavy (non-hydrogen) atoms. The van der Waals surface area contributed by atoms with Crippen LogP contribution in [0.4, 0.5) is 4.39 Å². The summed E-state index contributed by atoms with van der Waals surface area (Å²) in [6, 6.07) is 24.7. The van der Waals surface area contributed by atoms with Crippen molar-refractivity contribution in [1.82, 2.24) is 10.3 Å². The summed E-state index contributed by atoms with van der Waals surface area (Å²) in [4.78, 5) is 18.2. The first kappa shape index (κ1) is 22.6. The lowest BCUT2D eigenvalue weighted by molar-refractivity contribution is -0.116. The number of carbonyl (C=O) groups is 1. The van der Waals surface area contributed by atoms with E-state index < -0.39 is 6.17 Å². The number of furan rings is 1. The van der Waals surface area contributed by atoms with E-state index in [1.807, 2.05) is 48.5 Å².